The predicted octanol–water partition coefficient (Wildman–Crippen LogP) is 1.61. The number of hydrogen-bond donors (Lipinski definition) is 1. The minimum Gasteiger partial charge on any atom is -0.390 e. The third kappa shape index (κ3) is 3.01. The maximum absolute atomic E-state index is 9.04. The fourth-order valence-electron chi connectivity index (χ4n) is 1.64. The van der Waals surface area contributed by atoms with Crippen LogP contribution in [0.5, 0.6) is 0 Å². The molecule has 0 aliphatic rings. The summed E-state index contributed by atoms with van der Waals surface area (Å²) in [4.78, 5) is 10.2. The molecule has 0 atom stereocenters. The molecule has 2 aromatic heterocycles. The smallest absolute Gasteiger partial charge is 0.0853 e. The van der Waals surface area contributed by atoms with E-state index in [0.29, 0.717) is 5.69 Å². The van der Waals surface area contributed by atoms with Crippen LogP contribution in [0.3, 0.4) is 0 Å². The number of pyridine rings is 2. The molecule has 0 aromatic carbocycles. The van der Waals surface area contributed by atoms with Crippen LogP contribution in [-0.4, -0.2) is 22.1 Å². The van der Waals surface area contributed by atoms with Gasteiger partial charge in [0.05, 0.1) is 12.3 Å². The van der Waals surface area contributed by atoms with Gasteiger partial charge in [0.15, 0.2) is 0 Å². The van der Waals surface area contributed by atoms with Crippen LogP contribution in [0, 0.1) is 0 Å². The van der Waals surface area contributed by atoms with Gasteiger partial charge in [-0.05, 0) is 29.8 Å². The van der Waals surface area contributed by atoms with Crippen molar-refractivity contribution >= 4 is 5.69 Å². The Morgan fingerprint density at radius 1 is 1.18 bits per heavy atom. The molecule has 0 amide bonds. The van der Waals surface area contributed by atoms with E-state index < -0.39 is 0 Å². The Balaban J connectivity index is 2.11. The molecule has 2 aromatic rings. The Hall–Kier alpha value is -1.94. The third-order valence-corrected chi connectivity index (χ3v) is 2.57. The highest BCUT2D eigenvalue weighted by Gasteiger charge is 2.03. The largest absolute Gasteiger partial charge is 0.390 e. The maximum Gasteiger partial charge on any atom is 0.0853 e. The van der Waals surface area contributed by atoms with Crippen LogP contribution < -0.4 is 4.90 Å². The fourth-order valence-corrected chi connectivity index (χ4v) is 1.64. The van der Waals surface area contributed by atoms with E-state index in [2.05, 4.69) is 14.9 Å². The second kappa shape index (κ2) is 5.41. The predicted molar refractivity (Wildman–Crippen MR) is 66.5 cm³/mol. The normalized spacial score (nSPS) is 10.2. The van der Waals surface area contributed by atoms with Gasteiger partial charge in [-0.3, -0.25) is 9.97 Å². The van der Waals surface area contributed by atoms with Gasteiger partial charge in [-0.15, -0.1) is 0 Å². The molecule has 0 saturated heterocycles. The molecule has 4 nitrogen and oxygen atoms in total. The number of rotatable bonds is 4. The summed E-state index contributed by atoms with van der Waals surface area (Å²) < 4.78 is 0. The van der Waals surface area contributed by atoms with Crippen LogP contribution >= 0.6 is 0 Å². The van der Waals surface area contributed by atoms with Gasteiger partial charge in [0.1, 0.15) is 0 Å². The zero-order valence-corrected chi connectivity index (χ0v) is 9.74. The van der Waals surface area contributed by atoms with Crippen LogP contribution in [0.1, 0.15) is 11.3 Å². The second-order valence-corrected chi connectivity index (χ2v) is 3.88. The Labute approximate surface area is 101 Å². The topological polar surface area (TPSA) is 49.2 Å². The summed E-state index contributed by atoms with van der Waals surface area (Å²) in [6, 6.07) is 7.80. The SMILES string of the molecule is CN(Cc1ccncc1)c1ccnc(CO)c1. The quantitative estimate of drug-likeness (QED) is 0.865. The van der Waals surface area contributed by atoms with E-state index in [1.165, 1.54) is 5.56 Å². The molecule has 17 heavy (non-hydrogen) atoms. The van der Waals surface area contributed by atoms with Crippen LogP contribution in [0.2, 0.25) is 0 Å². The average Bonchev–Trinajstić information content (AvgIpc) is 2.40. The molecule has 4 heteroatoms. The van der Waals surface area contributed by atoms with Crippen molar-refractivity contribution in [2.45, 2.75) is 13.2 Å². The molecule has 0 bridgehead atoms. The summed E-state index contributed by atoms with van der Waals surface area (Å²) in [5, 5.41) is 9.04. The summed E-state index contributed by atoms with van der Waals surface area (Å²) in [6.07, 6.45) is 5.29. The van der Waals surface area contributed by atoms with E-state index in [4.69, 9.17) is 5.11 Å². The lowest BCUT2D eigenvalue weighted by Crippen LogP contribution is -2.16. The first-order chi connectivity index (χ1) is 8.29. The average molecular weight is 229 g/mol. The highest BCUT2D eigenvalue weighted by molar-refractivity contribution is 5.46. The number of aromatic nitrogens is 2. The highest BCUT2D eigenvalue weighted by atomic mass is 16.3. The monoisotopic (exact) mass is 229 g/mol. The van der Waals surface area contributed by atoms with Gasteiger partial charge < -0.3 is 10.0 Å². The van der Waals surface area contributed by atoms with Crippen molar-refractivity contribution in [2.24, 2.45) is 0 Å². The highest BCUT2D eigenvalue weighted by Crippen LogP contribution is 2.15. The van der Waals surface area contributed by atoms with Gasteiger partial charge >= 0.3 is 0 Å². The molecular formula is C13H15N3O. The van der Waals surface area contributed by atoms with Crippen LogP contribution in [-0.2, 0) is 13.2 Å². The first-order valence-electron chi connectivity index (χ1n) is 5.45. The molecule has 2 heterocycles. The Morgan fingerprint density at radius 2 is 1.94 bits per heavy atom. The summed E-state index contributed by atoms with van der Waals surface area (Å²) in [5.74, 6) is 0. The Kier molecular flexibility index (Phi) is 3.67. The van der Waals surface area contributed by atoms with Crippen molar-refractivity contribution in [3.8, 4) is 0 Å². The minimum absolute atomic E-state index is 0.0308. The number of anilines is 1. The van der Waals surface area contributed by atoms with E-state index in [1.54, 1.807) is 18.6 Å². The van der Waals surface area contributed by atoms with Crippen molar-refractivity contribution in [1.29, 1.82) is 0 Å². The number of aliphatic hydroxyl groups is 1. The van der Waals surface area contributed by atoms with E-state index in [0.717, 1.165) is 12.2 Å². The van der Waals surface area contributed by atoms with Crippen LogP contribution in [0.15, 0.2) is 42.9 Å². The first-order valence-corrected chi connectivity index (χ1v) is 5.45. The van der Waals surface area contributed by atoms with E-state index in [-0.39, 0.29) is 6.61 Å². The van der Waals surface area contributed by atoms with Gasteiger partial charge in [0.25, 0.3) is 0 Å². The lowest BCUT2D eigenvalue weighted by atomic mass is 10.2. The molecule has 0 fully saturated rings. The van der Waals surface area contributed by atoms with Crippen LogP contribution in [0.4, 0.5) is 5.69 Å². The standard InChI is InChI=1S/C13H15N3O/c1-16(9-11-2-5-14-6-3-11)13-4-7-15-12(8-13)10-17/h2-8,17H,9-10H2,1H3. The maximum atomic E-state index is 9.04. The van der Waals surface area contributed by atoms with Gasteiger partial charge in [0, 0.05) is 37.9 Å². The molecule has 0 aliphatic heterocycles. The fraction of sp³-hybridized carbons (Fsp3) is 0.231. The van der Waals surface area contributed by atoms with Crippen molar-refractivity contribution in [1.82, 2.24) is 9.97 Å². The van der Waals surface area contributed by atoms with E-state index in [1.807, 2.05) is 31.3 Å². The summed E-state index contributed by atoms with van der Waals surface area (Å²) in [7, 11) is 2.01. The second-order valence-electron chi connectivity index (χ2n) is 3.88. The summed E-state index contributed by atoms with van der Waals surface area (Å²) in [5.41, 5.74) is 2.93. The molecule has 0 radical (unpaired) electrons. The lowest BCUT2D eigenvalue weighted by Gasteiger charge is -2.19. The molecule has 0 unspecified atom stereocenters. The van der Waals surface area contributed by atoms with Crippen molar-refractivity contribution in [2.75, 3.05) is 11.9 Å². The summed E-state index contributed by atoms with van der Waals surface area (Å²) >= 11 is 0. The van der Waals surface area contributed by atoms with Gasteiger partial charge in [-0.2, -0.15) is 0 Å². The van der Waals surface area contributed by atoms with Gasteiger partial charge in [0.2, 0.25) is 0 Å². The van der Waals surface area contributed by atoms with Crippen molar-refractivity contribution < 1.29 is 5.11 Å². The molecule has 2 rings (SSSR count). The molecule has 0 spiro atoms. The lowest BCUT2D eigenvalue weighted by molar-refractivity contribution is 0.277. The number of hydrogen-bond acceptors (Lipinski definition) is 4. The molecule has 0 aliphatic carbocycles. The third-order valence-electron chi connectivity index (χ3n) is 2.57. The molecule has 88 valence electrons. The zero-order valence-electron chi connectivity index (χ0n) is 9.74. The van der Waals surface area contributed by atoms with Crippen molar-refractivity contribution in [3.63, 3.8) is 0 Å². The van der Waals surface area contributed by atoms with E-state index >= 15 is 0 Å². The summed E-state index contributed by atoms with van der Waals surface area (Å²) in [6.45, 7) is 0.772. The molecule has 1 N–H and O–H groups in total. The minimum atomic E-state index is -0.0308. The van der Waals surface area contributed by atoms with Gasteiger partial charge in [-0.25, -0.2) is 0 Å². The zero-order chi connectivity index (χ0) is 12.1. The van der Waals surface area contributed by atoms with E-state index in [9.17, 15) is 0 Å². The number of aliphatic hydroxyl groups excluding tert-OH is 1. The van der Waals surface area contributed by atoms with Crippen molar-refractivity contribution in [3.05, 3.63) is 54.1 Å². The first kappa shape index (κ1) is 11.5. The molecular weight excluding hydrogens is 214 g/mol. The van der Waals surface area contributed by atoms with Gasteiger partial charge in [-0.1, -0.05) is 0 Å². The number of nitrogens with zero attached hydrogens (tertiary/aromatic N) is 3. The van der Waals surface area contributed by atoms with Crippen LogP contribution in [0.25, 0.3) is 0 Å². The Bertz CT molecular complexity index is 473. The molecule has 0 saturated carbocycles. The Morgan fingerprint density at radius 3 is 2.65 bits per heavy atom.